The number of aryl methyl sites for hydroxylation is 1. The van der Waals surface area contributed by atoms with Crippen LogP contribution in [0.1, 0.15) is 117 Å². The molecule has 1 aromatic heterocycles. The number of aromatic nitrogens is 1. The van der Waals surface area contributed by atoms with E-state index in [1.165, 1.54) is 94.8 Å². The number of hydrogen-bond acceptors (Lipinski definition) is 6. The fourth-order valence-electron chi connectivity index (χ4n) is 4.47. The van der Waals surface area contributed by atoms with Crippen molar-refractivity contribution in [3.63, 3.8) is 0 Å². The highest BCUT2D eigenvalue weighted by Gasteiger charge is 2.10. The van der Waals surface area contributed by atoms with Gasteiger partial charge in [0.2, 0.25) is 4.80 Å². The van der Waals surface area contributed by atoms with Gasteiger partial charge in [-0.1, -0.05) is 102 Å². The first-order valence-electron chi connectivity index (χ1n) is 14.6. The number of benzene rings is 1. The second-order valence-corrected chi connectivity index (χ2v) is 13.0. The third kappa shape index (κ3) is 13.9. The van der Waals surface area contributed by atoms with Crippen LogP contribution in [0.5, 0.6) is 5.75 Å². The maximum absolute atomic E-state index is 11.1. The van der Waals surface area contributed by atoms with Gasteiger partial charge in [-0.2, -0.15) is 13.5 Å². The molecule has 7 nitrogen and oxygen atoms in total. The fourth-order valence-corrected chi connectivity index (χ4v) is 6.00. The van der Waals surface area contributed by atoms with Crippen LogP contribution in [0, 0.1) is 0 Å². The van der Waals surface area contributed by atoms with E-state index in [9.17, 15) is 8.42 Å². The summed E-state index contributed by atoms with van der Waals surface area (Å²) in [5.41, 5.74) is 1.79. The average molecular weight is 568 g/mol. The molecule has 0 saturated heterocycles. The van der Waals surface area contributed by atoms with E-state index in [1.54, 1.807) is 0 Å². The maximum atomic E-state index is 11.1. The minimum Gasteiger partial charge on any atom is -0.494 e. The molecule has 1 heterocycles. The molecule has 0 amide bonds. The molecule has 0 fully saturated rings. The van der Waals surface area contributed by atoms with Crippen LogP contribution >= 0.6 is 11.3 Å². The highest BCUT2D eigenvalue weighted by Crippen LogP contribution is 2.24. The Labute approximate surface area is 234 Å². The Morgan fingerprint density at radius 1 is 0.895 bits per heavy atom. The molecule has 216 valence electrons. The molecular weight excluding hydrogens is 518 g/mol. The second-order valence-electron chi connectivity index (χ2n) is 10.4. The second kappa shape index (κ2) is 18.6. The molecule has 2 aromatic rings. The third-order valence-corrected chi connectivity index (χ3v) is 8.38. The van der Waals surface area contributed by atoms with Gasteiger partial charge in [-0.05, 0) is 44.9 Å². The lowest BCUT2D eigenvalue weighted by Gasteiger charge is -2.08. The monoisotopic (exact) mass is 567 g/mol. The van der Waals surface area contributed by atoms with Crippen LogP contribution in [0.25, 0.3) is 10.2 Å². The van der Waals surface area contributed by atoms with Gasteiger partial charge in [-0.25, -0.2) is 0 Å². The highest BCUT2D eigenvalue weighted by molar-refractivity contribution is 7.85. The summed E-state index contributed by atoms with van der Waals surface area (Å²) in [6, 6.07) is 5.96. The van der Waals surface area contributed by atoms with Crippen LogP contribution in [0.15, 0.2) is 28.4 Å². The zero-order chi connectivity index (χ0) is 27.6. The first kappa shape index (κ1) is 32.5. The zero-order valence-electron chi connectivity index (χ0n) is 23.8. The van der Waals surface area contributed by atoms with E-state index < -0.39 is 10.1 Å². The summed E-state index contributed by atoms with van der Waals surface area (Å²) in [6.07, 6.45) is 19.0. The Kier molecular flexibility index (Phi) is 15.9. The van der Waals surface area contributed by atoms with Crippen LogP contribution in [0.2, 0.25) is 0 Å². The number of unbranched alkanes of at least 4 members (excludes halogenated alkanes) is 13. The molecule has 0 aliphatic heterocycles. The summed E-state index contributed by atoms with van der Waals surface area (Å²) in [5.74, 6) is 0.549. The van der Waals surface area contributed by atoms with Gasteiger partial charge in [0.25, 0.3) is 10.1 Å². The van der Waals surface area contributed by atoms with Crippen molar-refractivity contribution in [1.82, 2.24) is 4.57 Å². The molecule has 0 atom stereocenters. The topological polar surface area (TPSA) is 93.3 Å². The average Bonchev–Trinajstić information content (AvgIpc) is 3.21. The lowest BCUT2D eigenvalue weighted by atomic mass is 10.0. The van der Waals surface area contributed by atoms with Crippen molar-refractivity contribution in [3.05, 3.63) is 23.0 Å². The molecule has 0 radical (unpaired) electrons. The third-order valence-electron chi connectivity index (χ3n) is 6.54. The largest absolute Gasteiger partial charge is 0.494 e. The van der Waals surface area contributed by atoms with Gasteiger partial charge in [0.05, 0.1) is 22.6 Å². The van der Waals surface area contributed by atoms with Crippen LogP contribution < -0.4 is 9.54 Å². The van der Waals surface area contributed by atoms with Crippen LogP contribution in [0.4, 0.5) is 0 Å². The van der Waals surface area contributed by atoms with E-state index >= 15 is 0 Å². The molecule has 0 unspecified atom stereocenters. The molecule has 0 aliphatic carbocycles. The van der Waals surface area contributed by atoms with Crippen molar-refractivity contribution in [3.8, 4) is 5.75 Å². The summed E-state index contributed by atoms with van der Waals surface area (Å²) >= 11 is 1.50. The summed E-state index contributed by atoms with van der Waals surface area (Å²) in [6.45, 7) is 7.16. The minimum atomic E-state index is -3.99. The summed E-state index contributed by atoms with van der Waals surface area (Å²) in [4.78, 5) is 0.695. The van der Waals surface area contributed by atoms with Gasteiger partial charge in [0, 0.05) is 12.3 Å². The summed E-state index contributed by atoms with van der Waals surface area (Å²) in [7, 11) is -3.99. The van der Waals surface area contributed by atoms with Gasteiger partial charge in [0.15, 0.2) is 0 Å². The van der Waals surface area contributed by atoms with E-state index in [-0.39, 0.29) is 5.75 Å². The molecule has 0 bridgehead atoms. The van der Waals surface area contributed by atoms with Crippen molar-refractivity contribution < 1.29 is 17.7 Å². The summed E-state index contributed by atoms with van der Waals surface area (Å²) in [5, 5.41) is 8.53. The van der Waals surface area contributed by atoms with Gasteiger partial charge >= 0.3 is 0 Å². The van der Waals surface area contributed by atoms with Gasteiger partial charge in [-0.15, -0.1) is 5.10 Å². The first-order valence-corrected chi connectivity index (χ1v) is 17.0. The van der Waals surface area contributed by atoms with Crippen molar-refractivity contribution in [2.24, 2.45) is 10.2 Å². The predicted molar refractivity (Wildman–Crippen MR) is 161 cm³/mol. The standard InChI is InChI=1S/C29H49N3O4S2/c1-4-5-6-7-8-9-10-11-12-13-14-15-16-17-22-36-26-19-20-27-28(24-26)37-29(31-30-25(2)3)32(27)21-18-23-38(33,34)35/h19-20,24H,4-18,21-23H2,1-3H3,(H,33,34,35)/b31-29+. The van der Waals surface area contributed by atoms with Gasteiger partial charge in [0.1, 0.15) is 5.75 Å². The molecule has 0 spiro atoms. The number of fused-ring (bicyclic) bond motifs is 1. The number of thiazole rings is 1. The zero-order valence-corrected chi connectivity index (χ0v) is 25.4. The predicted octanol–water partition coefficient (Wildman–Crippen LogP) is 8.14. The molecule has 2 rings (SSSR count). The number of rotatable bonds is 21. The molecule has 0 aliphatic rings. The number of hydrogen-bond donors (Lipinski definition) is 1. The first-order chi connectivity index (χ1) is 18.3. The van der Waals surface area contributed by atoms with Crippen LogP contribution in [-0.2, 0) is 16.7 Å². The Hall–Kier alpha value is -1.71. The summed E-state index contributed by atoms with van der Waals surface area (Å²) < 4.78 is 40.3. The van der Waals surface area contributed by atoms with Crippen molar-refractivity contribution in [2.45, 2.75) is 124 Å². The molecular formula is C29H49N3O4S2. The fraction of sp³-hybridized carbons (Fsp3) is 0.724. The quantitative estimate of drug-likeness (QED) is 0.0713. The molecule has 38 heavy (non-hydrogen) atoms. The van der Waals surface area contributed by atoms with E-state index in [0.29, 0.717) is 24.4 Å². The van der Waals surface area contributed by atoms with Crippen molar-refractivity contribution >= 4 is 37.4 Å². The smallest absolute Gasteiger partial charge is 0.264 e. The van der Waals surface area contributed by atoms with E-state index in [4.69, 9.17) is 9.29 Å². The van der Waals surface area contributed by atoms with Gasteiger partial charge < -0.3 is 9.30 Å². The lowest BCUT2D eigenvalue weighted by molar-refractivity contribution is 0.304. The van der Waals surface area contributed by atoms with Crippen molar-refractivity contribution in [2.75, 3.05) is 12.4 Å². The van der Waals surface area contributed by atoms with Crippen molar-refractivity contribution in [1.29, 1.82) is 0 Å². The molecule has 1 N–H and O–H groups in total. The number of nitrogens with zero attached hydrogens (tertiary/aromatic N) is 3. The Bertz CT molecular complexity index is 1130. The van der Waals surface area contributed by atoms with Crippen LogP contribution in [-0.4, -0.2) is 35.6 Å². The molecule has 1 aromatic carbocycles. The Balaban J connectivity index is 1.72. The minimum absolute atomic E-state index is 0.284. The SMILES string of the molecule is CCCCCCCCCCCCCCCCOc1ccc2c(c1)s/c(=N/N=C(C)C)n2CCCS(=O)(=O)O. The normalized spacial score (nSPS) is 12.4. The van der Waals surface area contributed by atoms with E-state index in [1.807, 2.05) is 36.6 Å². The molecule has 0 saturated carbocycles. The highest BCUT2D eigenvalue weighted by atomic mass is 32.2. The molecule has 9 heteroatoms. The van der Waals surface area contributed by atoms with E-state index in [0.717, 1.165) is 28.1 Å². The Morgan fingerprint density at radius 3 is 2.03 bits per heavy atom. The Morgan fingerprint density at radius 2 is 1.47 bits per heavy atom. The van der Waals surface area contributed by atoms with Crippen LogP contribution in [0.3, 0.4) is 0 Å². The maximum Gasteiger partial charge on any atom is 0.264 e. The van der Waals surface area contributed by atoms with E-state index in [2.05, 4.69) is 17.1 Å². The lowest BCUT2D eigenvalue weighted by Crippen LogP contribution is -2.17. The number of ether oxygens (including phenoxy) is 1. The van der Waals surface area contributed by atoms with Gasteiger partial charge in [-0.3, -0.25) is 4.55 Å².